The van der Waals surface area contributed by atoms with E-state index in [9.17, 15) is 8.78 Å². The largest absolute Gasteiger partial charge is 0.448 e. The predicted molar refractivity (Wildman–Crippen MR) is 64.6 cm³/mol. The van der Waals surface area contributed by atoms with Gasteiger partial charge in [0, 0.05) is 31.3 Å². The van der Waals surface area contributed by atoms with E-state index in [-0.39, 0.29) is 18.8 Å². The third kappa shape index (κ3) is 3.28. The number of oxazole rings is 1. The summed E-state index contributed by atoms with van der Waals surface area (Å²) in [6.07, 6.45) is 2.29. The maximum Gasteiger partial charge on any atom is 0.248 e. The second-order valence-electron chi connectivity index (χ2n) is 5.33. The number of aromatic nitrogens is 1. The zero-order valence-electron chi connectivity index (χ0n) is 10.9. The third-order valence-corrected chi connectivity index (χ3v) is 3.44. The van der Waals surface area contributed by atoms with Crippen LogP contribution in [-0.4, -0.2) is 16.9 Å². The fraction of sp³-hybridized carbons (Fsp3) is 0.769. The molecule has 1 heterocycles. The fourth-order valence-electron chi connectivity index (χ4n) is 2.35. The Morgan fingerprint density at radius 3 is 2.72 bits per heavy atom. The smallest absolute Gasteiger partial charge is 0.248 e. The molecule has 0 spiro atoms. The Kier molecular flexibility index (Phi) is 4.00. The van der Waals surface area contributed by atoms with E-state index < -0.39 is 5.92 Å². The van der Waals surface area contributed by atoms with Crippen LogP contribution in [0.4, 0.5) is 8.78 Å². The van der Waals surface area contributed by atoms with E-state index in [1.165, 1.54) is 6.39 Å². The molecule has 1 saturated carbocycles. The highest BCUT2D eigenvalue weighted by atomic mass is 19.3. The van der Waals surface area contributed by atoms with Crippen molar-refractivity contribution >= 4 is 0 Å². The number of hydrogen-bond acceptors (Lipinski definition) is 3. The average molecular weight is 258 g/mol. The monoisotopic (exact) mass is 258 g/mol. The molecule has 2 rings (SSSR count). The molecule has 0 amide bonds. The van der Waals surface area contributed by atoms with Gasteiger partial charge in [-0.25, -0.2) is 13.8 Å². The van der Waals surface area contributed by atoms with Crippen molar-refractivity contribution in [2.24, 2.45) is 0 Å². The number of nitrogens with one attached hydrogen (secondary N) is 1. The molecule has 0 bridgehead atoms. The zero-order chi connectivity index (χ0) is 13.2. The molecule has 0 radical (unpaired) electrons. The number of rotatable bonds is 4. The lowest BCUT2D eigenvalue weighted by Gasteiger charge is -2.27. The van der Waals surface area contributed by atoms with Crippen molar-refractivity contribution in [2.45, 2.75) is 64.0 Å². The van der Waals surface area contributed by atoms with Crippen molar-refractivity contribution in [1.82, 2.24) is 10.3 Å². The summed E-state index contributed by atoms with van der Waals surface area (Å²) < 4.78 is 31.6. The molecule has 102 valence electrons. The highest BCUT2D eigenvalue weighted by molar-refractivity contribution is 5.14. The number of nitrogens with zero attached hydrogens (tertiary/aromatic N) is 1. The summed E-state index contributed by atoms with van der Waals surface area (Å²) in [5.41, 5.74) is 0.860. The van der Waals surface area contributed by atoms with Gasteiger partial charge in [0.05, 0.1) is 5.69 Å². The SMILES string of the molecule is CC(C)NCc1ncoc1C1CCC(F)(F)CC1. The molecule has 1 aromatic heterocycles. The van der Waals surface area contributed by atoms with Gasteiger partial charge in [0.25, 0.3) is 0 Å². The van der Waals surface area contributed by atoms with Crippen LogP contribution in [0.3, 0.4) is 0 Å². The molecule has 18 heavy (non-hydrogen) atoms. The minimum atomic E-state index is -2.49. The molecule has 5 heteroatoms. The minimum absolute atomic E-state index is 0.0462. The summed E-state index contributed by atoms with van der Waals surface area (Å²) >= 11 is 0. The molecular weight excluding hydrogens is 238 g/mol. The Balaban J connectivity index is 1.99. The maximum absolute atomic E-state index is 13.1. The van der Waals surface area contributed by atoms with Gasteiger partial charge in [-0.3, -0.25) is 0 Å². The predicted octanol–water partition coefficient (Wildman–Crippen LogP) is 3.47. The lowest BCUT2D eigenvalue weighted by atomic mass is 9.84. The van der Waals surface area contributed by atoms with Gasteiger partial charge in [-0.2, -0.15) is 0 Å². The molecule has 0 atom stereocenters. The molecule has 0 aromatic carbocycles. The van der Waals surface area contributed by atoms with Gasteiger partial charge in [0.15, 0.2) is 6.39 Å². The second kappa shape index (κ2) is 5.34. The van der Waals surface area contributed by atoms with E-state index in [2.05, 4.69) is 24.1 Å². The van der Waals surface area contributed by atoms with E-state index in [0.29, 0.717) is 25.4 Å². The minimum Gasteiger partial charge on any atom is -0.448 e. The molecule has 1 fully saturated rings. The van der Waals surface area contributed by atoms with Crippen LogP contribution in [0.2, 0.25) is 0 Å². The van der Waals surface area contributed by atoms with Gasteiger partial charge in [0.1, 0.15) is 5.76 Å². The van der Waals surface area contributed by atoms with Crippen LogP contribution in [0.1, 0.15) is 56.9 Å². The summed E-state index contributed by atoms with van der Waals surface area (Å²) in [6, 6.07) is 0.366. The molecule has 1 N–H and O–H groups in total. The molecule has 0 saturated heterocycles. The van der Waals surface area contributed by atoms with Crippen molar-refractivity contribution in [1.29, 1.82) is 0 Å². The maximum atomic E-state index is 13.1. The molecule has 1 aliphatic carbocycles. The first-order chi connectivity index (χ1) is 8.48. The van der Waals surface area contributed by atoms with Crippen LogP contribution in [0.15, 0.2) is 10.8 Å². The van der Waals surface area contributed by atoms with Crippen molar-refractivity contribution in [3.05, 3.63) is 17.8 Å². The Morgan fingerprint density at radius 2 is 2.11 bits per heavy atom. The van der Waals surface area contributed by atoms with Gasteiger partial charge in [-0.1, -0.05) is 13.8 Å². The first kappa shape index (κ1) is 13.5. The molecule has 3 nitrogen and oxygen atoms in total. The fourth-order valence-corrected chi connectivity index (χ4v) is 2.35. The van der Waals surface area contributed by atoms with Gasteiger partial charge in [-0.15, -0.1) is 0 Å². The topological polar surface area (TPSA) is 38.1 Å². The Bertz CT molecular complexity index is 380. The second-order valence-corrected chi connectivity index (χ2v) is 5.33. The molecular formula is C13H20F2N2O. The summed E-state index contributed by atoms with van der Waals surface area (Å²) in [7, 11) is 0. The molecule has 0 aliphatic heterocycles. The summed E-state index contributed by atoms with van der Waals surface area (Å²) in [5, 5.41) is 3.27. The van der Waals surface area contributed by atoms with Crippen LogP contribution in [0, 0.1) is 0 Å². The zero-order valence-corrected chi connectivity index (χ0v) is 10.9. The van der Waals surface area contributed by atoms with Gasteiger partial charge >= 0.3 is 0 Å². The molecule has 1 aliphatic rings. The summed E-state index contributed by atoms with van der Waals surface area (Å²) in [5.74, 6) is -1.61. The number of hydrogen-bond donors (Lipinski definition) is 1. The quantitative estimate of drug-likeness (QED) is 0.898. The first-order valence-corrected chi connectivity index (χ1v) is 6.51. The molecule has 0 unspecified atom stereocenters. The van der Waals surface area contributed by atoms with Crippen molar-refractivity contribution < 1.29 is 13.2 Å². The van der Waals surface area contributed by atoms with Crippen molar-refractivity contribution in [3.63, 3.8) is 0 Å². The van der Waals surface area contributed by atoms with E-state index in [1.54, 1.807) is 0 Å². The normalized spacial score (nSPS) is 20.5. The number of halogens is 2. The van der Waals surface area contributed by atoms with E-state index in [0.717, 1.165) is 11.5 Å². The van der Waals surface area contributed by atoms with E-state index >= 15 is 0 Å². The van der Waals surface area contributed by atoms with Crippen molar-refractivity contribution in [2.75, 3.05) is 0 Å². The Morgan fingerprint density at radius 1 is 1.44 bits per heavy atom. The summed E-state index contributed by atoms with van der Waals surface area (Å²) in [6.45, 7) is 4.75. The third-order valence-electron chi connectivity index (χ3n) is 3.44. The van der Waals surface area contributed by atoms with Crippen LogP contribution in [-0.2, 0) is 6.54 Å². The number of alkyl halides is 2. The van der Waals surface area contributed by atoms with Gasteiger partial charge in [0.2, 0.25) is 5.92 Å². The molecule has 1 aromatic rings. The Hall–Kier alpha value is -0.970. The van der Waals surface area contributed by atoms with Gasteiger partial charge in [-0.05, 0) is 12.8 Å². The van der Waals surface area contributed by atoms with Crippen LogP contribution < -0.4 is 5.32 Å². The van der Waals surface area contributed by atoms with E-state index in [1.807, 2.05) is 0 Å². The Labute approximate surface area is 106 Å². The first-order valence-electron chi connectivity index (χ1n) is 6.51. The van der Waals surface area contributed by atoms with Crippen LogP contribution in [0.25, 0.3) is 0 Å². The lowest BCUT2D eigenvalue weighted by molar-refractivity contribution is -0.0396. The summed E-state index contributed by atoms with van der Waals surface area (Å²) in [4.78, 5) is 4.18. The van der Waals surface area contributed by atoms with Gasteiger partial charge < -0.3 is 9.73 Å². The lowest BCUT2D eigenvalue weighted by Crippen LogP contribution is -2.25. The van der Waals surface area contributed by atoms with Crippen LogP contribution >= 0.6 is 0 Å². The highest BCUT2D eigenvalue weighted by Crippen LogP contribution is 2.41. The average Bonchev–Trinajstić information content (AvgIpc) is 2.74. The van der Waals surface area contributed by atoms with E-state index in [4.69, 9.17) is 4.42 Å². The highest BCUT2D eigenvalue weighted by Gasteiger charge is 2.37. The standard InChI is InChI=1S/C13H20F2N2O/c1-9(2)16-7-11-12(18-8-17-11)10-3-5-13(14,15)6-4-10/h8-10,16H,3-7H2,1-2H3. The van der Waals surface area contributed by atoms with Crippen LogP contribution in [0.5, 0.6) is 0 Å². The van der Waals surface area contributed by atoms with Crippen molar-refractivity contribution in [3.8, 4) is 0 Å².